The smallest absolute Gasteiger partial charge is 0.261 e. The number of carbonyl (C=O) groups excluding carboxylic acids is 1. The van der Waals surface area contributed by atoms with Crippen LogP contribution in [0.2, 0.25) is 0 Å². The van der Waals surface area contributed by atoms with E-state index >= 15 is 0 Å². The van der Waals surface area contributed by atoms with Crippen LogP contribution in [-0.2, 0) is 21.2 Å². The quantitative estimate of drug-likeness (QED) is 0.557. The molecule has 2 N–H and O–H groups in total. The molecule has 0 fully saturated rings. The number of benzene rings is 3. The molecule has 3 aromatic carbocycles. The van der Waals surface area contributed by atoms with E-state index in [1.165, 1.54) is 0 Å². The molecule has 0 aliphatic heterocycles. The molecular formula is C24H26N2O3S. The van der Waals surface area contributed by atoms with Gasteiger partial charge < -0.3 is 5.32 Å². The van der Waals surface area contributed by atoms with Gasteiger partial charge in [-0.3, -0.25) is 9.52 Å². The highest BCUT2D eigenvalue weighted by Crippen LogP contribution is 2.18. The van der Waals surface area contributed by atoms with E-state index in [1.54, 1.807) is 36.4 Å². The van der Waals surface area contributed by atoms with Gasteiger partial charge in [-0.25, -0.2) is 8.42 Å². The van der Waals surface area contributed by atoms with Crippen LogP contribution in [0, 0.1) is 6.92 Å². The minimum absolute atomic E-state index is 0.0379. The topological polar surface area (TPSA) is 75.3 Å². The molecule has 0 radical (unpaired) electrons. The van der Waals surface area contributed by atoms with Gasteiger partial charge in [0.1, 0.15) is 0 Å². The van der Waals surface area contributed by atoms with Crippen LogP contribution in [0.3, 0.4) is 0 Å². The highest BCUT2D eigenvalue weighted by Gasteiger charge is 2.14. The molecule has 0 spiro atoms. The van der Waals surface area contributed by atoms with Crippen molar-refractivity contribution in [1.82, 2.24) is 5.32 Å². The molecule has 3 rings (SSSR count). The van der Waals surface area contributed by atoms with E-state index in [4.69, 9.17) is 0 Å². The van der Waals surface area contributed by atoms with Gasteiger partial charge in [0, 0.05) is 12.1 Å². The van der Waals surface area contributed by atoms with Gasteiger partial charge in [0.2, 0.25) is 5.91 Å². The van der Waals surface area contributed by atoms with E-state index < -0.39 is 10.0 Å². The van der Waals surface area contributed by atoms with Crippen LogP contribution in [0.5, 0.6) is 0 Å². The molecule has 0 aromatic heterocycles. The summed E-state index contributed by atoms with van der Waals surface area (Å²) in [4.78, 5) is 12.4. The Balaban J connectivity index is 1.55. The molecule has 5 nitrogen and oxygen atoms in total. The van der Waals surface area contributed by atoms with E-state index in [1.807, 2.05) is 56.3 Å². The Hall–Kier alpha value is -3.12. The molecule has 0 aliphatic carbocycles. The first-order valence-corrected chi connectivity index (χ1v) is 11.3. The fourth-order valence-corrected chi connectivity index (χ4v) is 4.13. The van der Waals surface area contributed by atoms with Gasteiger partial charge in [-0.15, -0.1) is 0 Å². The largest absolute Gasteiger partial charge is 0.350 e. The lowest BCUT2D eigenvalue weighted by Gasteiger charge is -2.14. The molecule has 0 heterocycles. The van der Waals surface area contributed by atoms with Gasteiger partial charge in [0.15, 0.2) is 0 Å². The monoisotopic (exact) mass is 422 g/mol. The van der Waals surface area contributed by atoms with Gasteiger partial charge in [-0.2, -0.15) is 0 Å². The van der Waals surface area contributed by atoms with Crippen molar-refractivity contribution in [3.8, 4) is 0 Å². The van der Waals surface area contributed by atoms with Crippen LogP contribution in [0.1, 0.15) is 36.1 Å². The summed E-state index contributed by atoms with van der Waals surface area (Å²) in [6.07, 6.45) is 0.879. The molecule has 0 aliphatic rings. The van der Waals surface area contributed by atoms with Crippen LogP contribution in [0.25, 0.3) is 0 Å². The van der Waals surface area contributed by atoms with Crippen molar-refractivity contribution >= 4 is 21.6 Å². The van der Waals surface area contributed by atoms with Crippen LogP contribution in [0.15, 0.2) is 83.8 Å². The maximum atomic E-state index is 12.5. The van der Waals surface area contributed by atoms with Crippen molar-refractivity contribution in [3.05, 3.63) is 95.6 Å². The summed E-state index contributed by atoms with van der Waals surface area (Å²) < 4.78 is 27.7. The van der Waals surface area contributed by atoms with E-state index in [2.05, 4.69) is 10.0 Å². The number of sulfonamides is 1. The minimum Gasteiger partial charge on any atom is -0.350 e. The van der Waals surface area contributed by atoms with Crippen molar-refractivity contribution in [3.63, 3.8) is 0 Å². The third-order valence-corrected chi connectivity index (χ3v) is 6.25. The molecule has 1 atom stereocenters. The van der Waals surface area contributed by atoms with E-state index in [-0.39, 0.29) is 16.8 Å². The van der Waals surface area contributed by atoms with Gasteiger partial charge in [0.25, 0.3) is 10.0 Å². The summed E-state index contributed by atoms with van der Waals surface area (Å²) >= 11 is 0. The Morgan fingerprint density at radius 2 is 1.53 bits per heavy atom. The number of amides is 1. The molecule has 0 saturated heterocycles. The zero-order valence-corrected chi connectivity index (χ0v) is 17.9. The van der Waals surface area contributed by atoms with Crippen molar-refractivity contribution < 1.29 is 13.2 Å². The van der Waals surface area contributed by atoms with E-state index in [0.717, 1.165) is 16.7 Å². The van der Waals surface area contributed by atoms with Crippen molar-refractivity contribution in [2.24, 2.45) is 0 Å². The molecule has 30 heavy (non-hydrogen) atoms. The number of aryl methyl sites for hydroxylation is 2. The Kier molecular flexibility index (Phi) is 6.90. The fourth-order valence-electron chi connectivity index (χ4n) is 3.07. The van der Waals surface area contributed by atoms with E-state index in [0.29, 0.717) is 18.5 Å². The van der Waals surface area contributed by atoms with Gasteiger partial charge >= 0.3 is 0 Å². The highest BCUT2D eigenvalue weighted by molar-refractivity contribution is 7.92. The number of nitrogens with one attached hydrogen (secondary N) is 2. The first kappa shape index (κ1) is 21.6. The highest BCUT2D eigenvalue weighted by atomic mass is 32.2. The van der Waals surface area contributed by atoms with Crippen molar-refractivity contribution in [2.75, 3.05) is 4.72 Å². The zero-order chi connectivity index (χ0) is 21.6. The van der Waals surface area contributed by atoms with Gasteiger partial charge in [-0.1, -0.05) is 60.2 Å². The first-order chi connectivity index (χ1) is 14.3. The van der Waals surface area contributed by atoms with Crippen LogP contribution in [0.4, 0.5) is 5.69 Å². The summed E-state index contributed by atoms with van der Waals surface area (Å²) in [5, 5.41) is 2.99. The molecule has 3 aromatic rings. The molecule has 0 bridgehead atoms. The number of anilines is 1. The molecule has 6 heteroatoms. The van der Waals surface area contributed by atoms with Crippen LogP contribution < -0.4 is 10.0 Å². The Morgan fingerprint density at radius 3 is 2.17 bits per heavy atom. The molecule has 0 saturated carbocycles. The molecule has 0 unspecified atom stereocenters. The predicted octanol–water partition coefficient (Wildman–Crippen LogP) is 4.61. The SMILES string of the molecule is Cc1ccc(NS(=O)(=O)c2ccc(CCC(=O)N[C@H](C)c3ccccc3)cc2)cc1. The standard InChI is InChI=1S/C24H26N2O3S/c1-18-8-13-22(14-9-18)26-30(28,29)23-15-10-20(11-16-23)12-17-24(27)25-19(2)21-6-4-3-5-7-21/h3-11,13-16,19,26H,12,17H2,1-2H3,(H,25,27)/t19-/m1/s1. The Labute approximate surface area is 178 Å². The molecule has 156 valence electrons. The lowest BCUT2D eigenvalue weighted by atomic mass is 10.1. The second-order valence-corrected chi connectivity index (χ2v) is 9.00. The number of hydrogen-bond acceptors (Lipinski definition) is 3. The lowest BCUT2D eigenvalue weighted by molar-refractivity contribution is -0.121. The number of rotatable bonds is 8. The summed E-state index contributed by atoms with van der Waals surface area (Å²) in [7, 11) is -3.65. The molecule has 1 amide bonds. The first-order valence-electron chi connectivity index (χ1n) is 9.86. The third kappa shape index (κ3) is 5.94. The van der Waals surface area contributed by atoms with Crippen LogP contribution in [-0.4, -0.2) is 14.3 Å². The maximum absolute atomic E-state index is 12.5. The van der Waals surface area contributed by atoms with Crippen LogP contribution >= 0.6 is 0 Å². The second-order valence-electron chi connectivity index (χ2n) is 7.32. The lowest BCUT2D eigenvalue weighted by Crippen LogP contribution is -2.26. The fraction of sp³-hybridized carbons (Fsp3) is 0.208. The van der Waals surface area contributed by atoms with Gasteiger partial charge in [-0.05, 0) is 55.7 Å². The number of hydrogen-bond donors (Lipinski definition) is 2. The maximum Gasteiger partial charge on any atom is 0.261 e. The van der Waals surface area contributed by atoms with Gasteiger partial charge in [0.05, 0.1) is 10.9 Å². The summed E-state index contributed by atoms with van der Waals surface area (Å²) in [5.41, 5.74) is 3.55. The number of carbonyl (C=O) groups is 1. The predicted molar refractivity (Wildman–Crippen MR) is 120 cm³/mol. The normalized spacial score (nSPS) is 12.2. The average molecular weight is 423 g/mol. The summed E-state index contributed by atoms with van der Waals surface area (Å²) in [6.45, 7) is 3.90. The van der Waals surface area contributed by atoms with Crippen molar-refractivity contribution in [1.29, 1.82) is 0 Å². The summed E-state index contributed by atoms with van der Waals surface area (Å²) in [6, 6.07) is 23.5. The Bertz CT molecular complexity index is 1080. The Morgan fingerprint density at radius 1 is 0.900 bits per heavy atom. The molecular weight excluding hydrogens is 396 g/mol. The second kappa shape index (κ2) is 9.59. The zero-order valence-electron chi connectivity index (χ0n) is 17.1. The summed E-state index contributed by atoms with van der Waals surface area (Å²) in [5.74, 6) is -0.0379. The third-order valence-electron chi connectivity index (χ3n) is 4.86. The minimum atomic E-state index is -3.65. The van der Waals surface area contributed by atoms with Crippen molar-refractivity contribution in [2.45, 2.75) is 37.6 Å². The average Bonchev–Trinajstić information content (AvgIpc) is 2.74. The van der Waals surface area contributed by atoms with E-state index in [9.17, 15) is 13.2 Å².